The quantitative estimate of drug-likeness (QED) is 0.832. The first kappa shape index (κ1) is 19.8. The van der Waals surface area contributed by atoms with Gasteiger partial charge in [-0.15, -0.1) is 0 Å². The maximum Gasteiger partial charge on any atom is 0.317 e. The number of nitrogens with one attached hydrogen (secondary N) is 2. The topological polar surface area (TPSA) is 74.3 Å². The zero-order valence-electron chi connectivity index (χ0n) is 16.0. The van der Waals surface area contributed by atoms with Crippen LogP contribution in [0.2, 0.25) is 0 Å². The van der Waals surface area contributed by atoms with Gasteiger partial charge in [0, 0.05) is 31.7 Å². The number of piperidine rings is 1. The fourth-order valence-electron chi connectivity index (χ4n) is 3.21. The summed E-state index contributed by atoms with van der Waals surface area (Å²) in [6.45, 7) is 3.44. The average Bonchev–Trinajstić information content (AvgIpc) is 2.73. The van der Waals surface area contributed by atoms with Gasteiger partial charge in [0.2, 0.25) is 5.91 Å². The fourth-order valence-corrected chi connectivity index (χ4v) is 3.21. The molecule has 0 bridgehead atoms. The summed E-state index contributed by atoms with van der Waals surface area (Å²) in [6, 6.07) is 10.3. The Morgan fingerprint density at radius 3 is 2.61 bits per heavy atom. The zero-order valence-corrected chi connectivity index (χ0v) is 16.0. The van der Waals surface area contributed by atoms with Gasteiger partial charge in [-0.3, -0.25) is 9.78 Å². The highest BCUT2D eigenvalue weighted by atomic mass is 19.1. The number of urea groups is 1. The third-order valence-electron chi connectivity index (χ3n) is 5.00. The number of amides is 3. The Morgan fingerprint density at radius 1 is 1.14 bits per heavy atom. The summed E-state index contributed by atoms with van der Waals surface area (Å²) in [6.07, 6.45) is 2.95. The van der Waals surface area contributed by atoms with Gasteiger partial charge in [0.25, 0.3) is 0 Å². The number of nitrogens with zero attached hydrogens (tertiary/aromatic N) is 2. The minimum atomic E-state index is -0.274. The third-order valence-corrected chi connectivity index (χ3v) is 5.00. The molecular formula is C21H25FN4O2. The summed E-state index contributed by atoms with van der Waals surface area (Å²) in [5.41, 5.74) is 2.12. The summed E-state index contributed by atoms with van der Waals surface area (Å²) in [7, 11) is 0. The van der Waals surface area contributed by atoms with Crippen LogP contribution in [0.15, 0.2) is 42.6 Å². The van der Waals surface area contributed by atoms with E-state index in [2.05, 4.69) is 15.6 Å². The number of hydrogen-bond donors (Lipinski definition) is 2. The Hall–Kier alpha value is -2.96. The number of hydrogen-bond acceptors (Lipinski definition) is 3. The Bertz CT molecular complexity index is 820. The van der Waals surface area contributed by atoms with Gasteiger partial charge >= 0.3 is 6.03 Å². The van der Waals surface area contributed by atoms with E-state index < -0.39 is 0 Å². The standard InChI is InChI=1S/C21H25FN4O2/c1-15-5-6-16(12-19(15)22)13-25-21(28)26-10-7-17(8-11-26)20(27)24-14-18-4-2-3-9-23-18/h2-6,9,12,17H,7-8,10-11,13-14H2,1H3,(H,24,27)(H,25,28). The van der Waals surface area contributed by atoms with E-state index in [4.69, 9.17) is 0 Å². The van der Waals surface area contributed by atoms with E-state index in [9.17, 15) is 14.0 Å². The van der Waals surface area contributed by atoms with Crippen molar-refractivity contribution in [2.24, 2.45) is 5.92 Å². The number of likely N-dealkylation sites (tertiary alicyclic amines) is 1. The number of carbonyl (C=O) groups excluding carboxylic acids is 2. The number of pyridine rings is 1. The van der Waals surface area contributed by atoms with Crippen LogP contribution >= 0.6 is 0 Å². The molecule has 0 aliphatic carbocycles. The lowest BCUT2D eigenvalue weighted by molar-refractivity contribution is -0.126. The molecular weight excluding hydrogens is 359 g/mol. The Balaban J connectivity index is 1.40. The molecule has 1 saturated heterocycles. The third kappa shape index (κ3) is 5.28. The lowest BCUT2D eigenvalue weighted by Gasteiger charge is -2.31. The van der Waals surface area contributed by atoms with Gasteiger partial charge < -0.3 is 15.5 Å². The van der Waals surface area contributed by atoms with Crippen LogP contribution in [0.1, 0.15) is 29.7 Å². The van der Waals surface area contributed by atoms with Crippen LogP contribution in [0.25, 0.3) is 0 Å². The highest BCUT2D eigenvalue weighted by Gasteiger charge is 2.27. The van der Waals surface area contributed by atoms with Crippen molar-refractivity contribution in [2.45, 2.75) is 32.9 Å². The van der Waals surface area contributed by atoms with Gasteiger partial charge in [-0.2, -0.15) is 0 Å². The van der Waals surface area contributed by atoms with Crippen LogP contribution in [0.3, 0.4) is 0 Å². The normalized spacial score (nSPS) is 14.6. The van der Waals surface area contributed by atoms with E-state index in [0.717, 1.165) is 11.3 Å². The lowest BCUT2D eigenvalue weighted by atomic mass is 9.96. The SMILES string of the molecule is Cc1ccc(CNC(=O)N2CCC(C(=O)NCc3ccccn3)CC2)cc1F. The van der Waals surface area contributed by atoms with Crippen LogP contribution < -0.4 is 10.6 Å². The van der Waals surface area contributed by atoms with Gasteiger partial charge in [0.15, 0.2) is 0 Å². The summed E-state index contributed by atoms with van der Waals surface area (Å²) < 4.78 is 13.6. The smallest absolute Gasteiger partial charge is 0.317 e. The van der Waals surface area contributed by atoms with Gasteiger partial charge in [0.05, 0.1) is 12.2 Å². The molecule has 3 rings (SSSR count). The fraction of sp³-hybridized carbons (Fsp3) is 0.381. The lowest BCUT2D eigenvalue weighted by Crippen LogP contribution is -2.46. The van der Waals surface area contributed by atoms with Gasteiger partial charge in [-0.25, -0.2) is 9.18 Å². The van der Waals surface area contributed by atoms with E-state index in [1.165, 1.54) is 6.07 Å². The Labute approximate surface area is 164 Å². The van der Waals surface area contributed by atoms with Crippen molar-refractivity contribution >= 4 is 11.9 Å². The molecule has 0 spiro atoms. The molecule has 1 fully saturated rings. The predicted octanol–water partition coefficient (Wildman–Crippen LogP) is 2.77. The van der Waals surface area contributed by atoms with Crippen molar-refractivity contribution in [1.29, 1.82) is 0 Å². The molecule has 3 amide bonds. The predicted molar refractivity (Wildman–Crippen MR) is 104 cm³/mol. The number of aryl methyl sites for hydroxylation is 1. The molecule has 1 aromatic heterocycles. The van der Waals surface area contributed by atoms with E-state index in [1.807, 2.05) is 18.2 Å². The van der Waals surface area contributed by atoms with Crippen molar-refractivity contribution in [1.82, 2.24) is 20.5 Å². The molecule has 0 saturated carbocycles. The van der Waals surface area contributed by atoms with Crippen molar-refractivity contribution in [2.75, 3.05) is 13.1 Å². The molecule has 1 aliphatic heterocycles. The summed E-state index contributed by atoms with van der Waals surface area (Å²) in [5.74, 6) is -0.371. The Morgan fingerprint density at radius 2 is 1.93 bits per heavy atom. The first-order chi connectivity index (χ1) is 13.5. The number of aromatic nitrogens is 1. The minimum absolute atomic E-state index is 0.000779. The largest absolute Gasteiger partial charge is 0.350 e. The van der Waals surface area contributed by atoms with E-state index >= 15 is 0 Å². The molecule has 1 aromatic carbocycles. The number of halogens is 1. The maximum absolute atomic E-state index is 13.6. The van der Waals surface area contributed by atoms with E-state index in [0.29, 0.717) is 38.0 Å². The van der Waals surface area contributed by atoms with Crippen molar-refractivity contribution < 1.29 is 14.0 Å². The Kier molecular flexibility index (Phi) is 6.57. The van der Waals surface area contributed by atoms with Crippen LogP contribution in [0.4, 0.5) is 9.18 Å². The highest BCUT2D eigenvalue weighted by Crippen LogP contribution is 2.18. The molecule has 7 heteroatoms. The van der Waals surface area contributed by atoms with Gasteiger partial charge in [-0.05, 0) is 49.1 Å². The monoisotopic (exact) mass is 384 g/mol. The second kappa shape index (κ2) is 9.30. The zero-order chi connectivity index (χ0) is 19.9. The molecule has 2 N–H and O–H groups in total. The first-order valence-corrected chi connectivity index (χ1v) is 9.48. The molecule has 0 unspecified atom stereocenters. The number of benzene rings is 1. The van der Waals surface area contributed by atoms with Crippen molar-refractivity contribution in [3.05, 3.63) is 65.2 Å². The second-order valence-corrected chi connectivity index (χ2v) is 7.04. The van der Waals surface area contributed by atoms with Crippen LogP contribution in [-0.4, -0.2) is 34.9 Å². The second-order valence-electron chi connectivity index (χ2n) is 7.04. The average molecular weight is 384 g/mol. The summed E-state index contributed by atoms with van der Waals surface area (Å²) >= 11 is 0. The van der Waals surface area contributed by atoms with Crippen molar-refractivity contribution in [3.63, 3.8) is 0 Å². The molecule has 28 heavy (non-hydrogen) atoms. The molecule has 2 heterocycles. The molecule has 1 aliphatic rings. The van der Waals surface area contributed by atoms with Gasteiger partial charge in [0.1, 0.15) is 5.82 Å². The maximum atomic E-state index is 13.6. The van der Waals surface area contributed by atoms with Crippen molar-refractivity contribution in [3.8, 4) is 0 Å². The minimum Gasteiger partial charge on any atom is -0.350 e. The molecule has 0 radical (unpaired) electrons. The van der Waals surface area contributed by atoms with E-state index in [1.54, 1.807) is 30.2 Å². The first-order valence-electron chi connectivity index (χ1n) is 9.48. The number of carbonyl (C=O) groups is 2. The van der Waals surface area contributed by atoms with Crippen LogP contribution in [0.5, 0.6) is 0 Å². The van der Waals surface area contributed by atoms with Crippen LogP contribution in [0, 0.1) is 18.7 Å². The molecule has 148 valence electrons. The summed E-state index contributed by atoms with van der Waals surface area (Å²) in [5, 5.41) is 5.73. The van der Waals surface area contributed by atoms with Crippen LogP contribution in [-0.2, 0) is 17.9 Å². The van der Waals surface area contributed by atoms with Gasteiger partial charge in [-0.1, -0.05) is 18.2 Å². The highest BCUT2D eigenvalue weighted by molar-refractivity contribution is 5.79. The molecule has 6 nitrogen and oxygen atoms in total. The van der Waals surface area contributed by atoms with E-state index in [-0.39, 0.29) is 30.2 Å². The molecule has 0 atom stereocenters. The molecule has 2 aromatic rings. The number of rotatable bonds is 5. The summed E-state index contributed by atoms with van der Waals surface area (Å²) in [4.78, 5) is 30.5.